The lowest BCUT2D eigenvalue weighted by Gasteiger charge is -2.54. The number of carbonyl (C=O) groups is 4. The van der Waals surface area contributed by atoms with Crippen molar-refractivity contribution in [2.75, 3.05) is 23.0 Å². The Morgan fingerprint density at radius 1 is 0.711 bits per heavy atom. The molecule has 8 heteroatoms. The first-order chi connectivity index (χ1) is 18.3. The van der Waals surface area contributed by atoms with E-state index >= 15 is 0 Å². The number of carbonyl (C=O) groups excluding carboxylic acids is 4. The Labute approximate surface area is 221 Å². The van der Waals surface area contributed by atoms with Gasteiger partial charge in [-0.25, -0.2) is 9.80 Å². The molecule has 1 saturated carbocycles. The summed E-state index contributed by atoms with van der Waals surface area (Å²) in [6.45, 7) is 8.22. The average Bonchev–Trinajstić information content (AvgIpc) is 3.33. The molecule has 2 heterocycles. The molecule has 0 N–H and O–H groups in total. The molecule has 6 atom stereocenters. The first kappa shape index (κ1) is 24.4. The van der Waals surface area contributed by atoms with Gasteiger partial charge in [0.05, 0.1) is 48.3 Å². The lowest BCUT2D eigenvalue weighted by Crippen LogP contribution is -2.58. The average molecular weight is 515 g/mol. The predicted octanol–water partition coefficient (Wildman–Crippen LogP) is 3.99. The van der Waals surface area contributed by atoms with Crippen LogP contribution in [-0.2, 0) is 19.2 Å². The van der Waals surface area contributed by atoms with E-state index in [2.05, 4.69) is 0 Å². The summed E-state index contributed by atoms with van der Waals surface area (Å²) >= 11 is 0. The monoisotopic (exact) mass is 514 g/mol. The Kier molecular flexibility index (Phi) is 5.49. The molecule has 0 spiro atoms. The number of ether oxygens (including phenoxy) is 2. The number of hydrogen-bond donors (Lipinski definition) is 0. The number of rotatable bonds is 6. The van der Waals surface area contributed by atoms with Crippen LogP contribution in [0.15, 0.2) is 60.2 Å². The molecule has 0 aromatic heterocycles. The molecule has 2 unspecified atom stereocenters. The van der Waals surface area contributed by atoms with Gasteiger partial charge in [-0.15, -0.1) is 0 Å². The highest BCUT2D eigenvalue weighted by molar-refractivity contribution is 6.27. The van der Waals surface area contributed by atoms with Crippen molar-refractivity contribution in [3.63, 3.8) is 0 Å². The molecule has 7 rings (SSSR count). The van der Waals surface area contributed by atoms with E-state index in [1.54, 1.807) is 48.5 Å². The van der Waals surface area contributed by atoms with Crippen molar-refractivity contribution in [1.82, 2.24) is 0 Å². The third kappa shape index (κ3) is 2.97. The third-order valence-corrected chi connectivity index (χ3v) is 8.93. The van der Waals surface area contributed by atoms with Gasteiger partial charge in [0, 0.05) is 11.3 Å². The number of nitrogens with zero attached hydrogens (tertiary/aromatic N) is 2. The predicted molar refractivity (Wildman–Crippen MR) is 140 cm³/mol. The summed E-state index contributed by atoms with van der Waals surface area (Å²) < 4.78 is 11.5. The Balaban J connectivity index is 1.46. The third-order valence-electron chi connectivity index (χ3n) is 8.93. The highest BCUT2D eigenvalue weighted by Crippen LogP contribution is 2.67. The van der Waals surface area contributed by atoms with E-state index in [0.29, 0.717) is 36.1 Å². The zero-order chi connectivity index (χ0) is 26.9. The summed E-state index contributed by atoms with van der Waals surface area (Å²) in [6.07, 6.45) is 1.95. The molecule has 196 valence electrons. The second kappa shape index (κ2) is 8.55. The topological polar surface area (TPSA) is 93.2 Å². The lowest BCUT2D eigenvalue weighted by atomic mass is 9.45. The highest BCUT2D eigenvalue weighted by Gasteiger charge is 2.74. The Bertz CT molecular complexity index is 1320. The minimum atomic E-state index is -0.992. The summed E-state index contributed by atoms with van der Waals surface area (Å²) in [7, 11) is 0. The van der Waals surface area contributed by atoms with Crippen molar-refractivity contribution in [1.29, 1.82) is 0 Å². The van der Waals surface area contributed by atoms with E-state index in [9.17, 15) is 19.2 Å². The molecule has 38 heavy (non-hydrogen) atoms. The van der Waals surface area contributed by atoms with Crippen LogP contribution >= 0.6 is 0 Å². The molecule has 5 aliphatic rings. The number of allylic oxidation sites excluding steroid dienone is 2. The number of benzene rings is 2. The van der Waals surface area contributed by atoms with E-state index < -0.39 is 35.0 Å². The van der Waals surface area contributed by atoms with Crippen molar-refractivity contribution in [3.05, 3.63) is 60.2 Å². The van der Waals surface area contributed by atoms with Crippen LogP contribution < -0.4 is 19.3 Å². The number of hydrogen-bond acceptors (Lipinski definition) is 6. The molecular formula is C30H30N2O6. The zero-order valence-electron chi connectivity index (χ0n) is 21.8. The van der Waals surface area contributed by atoms with Crippen LogP contribution in [0.5, 0.6) is 11.5 Å². The van der Waals surface area contributed by atoms with Gasteiger partial charge in [-0.2, -0.15) is 0 Å². The molecule has 2 aliphatic heterocycles. The fourth-order valence-corrected chi connectivity index (χ4v) is 7.32. The number of para-hydroxylation sites is 4. The summed E-state index contributed by atoms with van der Waals surface area (Å²) in [5.74, 6) is -4.02. The van der Waals surface area contributed by atoms with Crippen LogP contribution in [0, 0.1) is 35.0 Å². The van der Waals surface area contributed by atoms with Gasteiger partial charge >= 0.3 is 0 Å². The molecule has 2 aromatic carbocycles. The van der Waals surface area contributed by atoms with Gasteiger partial charge in [-0.05, 0) is 45.0 Å². The number of imide groups is 2. The van der Waals surface area contributed by atoms with Gasteiger partial charge in [-0.1, -0.05) is 42.8 Å². The highest BCUT2D eigenvalue weighted by atomic mass is 16.5. The van der Waals surface area contributed by atoms with Crippen LogP contribution in [0.25, 0.3) is 0 Å². The van der Waals surface area contributed by atoms with Crippen molar-refractivity contribution in [3.8, 4) is 11.5 Å². The fraction of sp³-hybridized carbons (Fsp3) is 0.400. The second-order valence-corrected chi connectivity index (χ2v) is 10.5. The number of anilines is 2. The van der Waals surface area contributed by atoms with Crippen molar-refractivity contribution in [2.45, 2.75) is 27.7 Å². The van der Waals surface area contributed by atoms with Crippen molar-refractivity contribution in [2.24, 2.45) is 35.0 Å². The summed E-state index contributed by atoms with van der Waals surface area (Å²) in [6, 6.07) is 14.0. The fourth-order valence-electron chi connectivity index (χ4n) is 7.32. The molecule has 3 aliphatic carbocycles. The van der Waals surface area contributed by atoms with E-state index in [4.69, 9.17) is 9.47 Å². The number of amides is 4. The molecule has 8 nitrogen and oxygen atoms in total. The van der Waals surface area contributed by atoms with Gasteiger partial charge in [0.1, 0.15) is 11.5 Å². The van der Waals surface area contributed by atoms with Crippen molar-refractivity contribution < 1.29 is 28.7 Å². The van der Waals surface area contributed by atoms with Crippen LogP contribution in [0.3, 0.4) is 0 Å². The smallest absolute Gasteiger partial charge is 0.238 e. The first-order valence-corrected chi connectivity index (χ1v) is 13.2. The van der Waals surface area contributed by atoms with E-state index in [-0.39, 0.29) is 23.6 Å². The molecule has 0 radical (unpaired) electrons. The quantitative estimate of drug-likeness (QED) is 0.428. The van der Waals surface area contributed by atoms with Gasteiger partial charge in [0.2, 0.25) is 23.6 Å². The standard InChI is InChI=1S/C30H30N2O6/c1-5-37-20-13-9-7-11-18(20)31-26(33)22-17-15-16(3)30(4,24(22)28(31)35)25-23(17)27(34)32(29(25)36)19-12-8-10-14-21(19)38-6-2/h7-15,17,22-25H,5-6H2,1-4H3/t17?,22-,23+,24-,25+,30?. The SMILES string of the molecule is CCOc1ccccc1N1C(=O)[C@@H]2[C@@H](C1=O)C1C=C(C)C2(C)[C@H]2C(=O)N(c3ccccc3OCC)C(=O)[C@H]12. The first-order valence-electron chi connectivity index (χ1n) is 13.2. The molecular weight excluding hydrogens is 484 g/mol. The summed E-state index contributed by atoms with van der Waals surface area (Å²) in [5, 5.41) is 0. The second-order valence-electron chi connectivity index (χ2n) is 10.5. The van der Waals surface area contributed by atoms with E-state index in [0.717, 1.165) is 5.57 Å². The molecule has 2 saturated heterocycles. The Morgan fingerprint density at radius 3 is 1.55 bits per heavy atom. The minimum Gasteiger partial charge on any atom is -0.492 e. The maximum atomic E-state index is 14.1. The lowest BCUT2D eigenvalue weighted by molar-refractivity contribution is -0.146. The molecule has 4 amide bonds. The van der Waals surface area contributed by atoms with E-state index in [1.807, 2.05) is 33.8 Å². The van der Waals surface area contributed by atoms with E-state index in [1.165, 1.54) is 9.80 Å². The molecule has 2 aromatic rings. The van der Waals surface area contributed by atoms with Gasteiger partial charge in [-0.3, -0.25) is 19.2 Å². The van der Waals surface area contributed by atoms with Gasteiger partial charge in [0.15, 0.2) is 0 Å². The summed E-state index contributed by atoms with van der Waals surface area (Å²) in [4.78, 5) is 58.7. The van der Waals surface area contributed by atoms with Crippen LogP contribution in [-0.4, -0.2) is 36.8 Å². The maximum absolute atomic E-state index is 14.1. The zero-order valence-corrected chi connectivity index (χ0v) is 21.8. The van der Waals surface area contributed by atoms with Crippen LogP contribution in [0.1, 0.15) is 27.7 Å². The van der Waals surface area contributed by atoms with Crippen LogP contribution in [0.4, 0.5) is 11.4 Å². The largest absolute Gasteiger partial charge is 0.492 e. The van der Waals surface area contributed by atoms with Crippen LogP contribution in [0.2, 0.25) is 0 Å². The maximum Gasteiger partial charge on any atom is 0.238 e. The Hall–Kier alpha value is -3.94. The summed E-state index contributed by atoms with van der Waals surface area (Å²) in [5.41, 5.74) is 0.671. The molecule has 2 bridgehead atoms. The van der Waals surface area contributed by atoms with Gasteiger partial charge in [0.25, 0.3) is 0 Å². The molecule has 3 fully saturated rings. The minimum absolute atomic E-state index is 0.348. The van der Waals surface area contributed by atoms with Gasteiger partial charge < -0.3 is 9.47 Å². The Morgan fingerprint density at radius 2 is 1.13 bits per heavy atom. The van der Waals surface area contributed by atoms with Crippen molar-refractivity contribution >= 4 is 35.0 Å². The normalized spacial score (nSPS) is 31.5.